The van der Waals surface area contributed by atoms with Gasteiger partial charge in [-0.2, -0.15) is 4.31 Å². The van der Waals surface area contributed by atoms with E-state index in [-0.39, 0.29) is 0 Å². The van der Waals surface area contributed by atoms with E-state index >= 15 is 0 Å². The first-order valence-corrected chi connectivity index (χ1v) is 13.5. The number of hydrogen-bond donors (Lipinski definition) is 0. The van der Waals surface area contributed by atoms with Crippen molar-refractivity contribution in [1.29, 1.82) is 0 Å². The number of fused-ring (bicyclic) bond motifs is 1. The molecule has 0 N–H and O–H groups in total. The van der Waals surface area contributed by atoms with Crippen molar-refractivity contribution in [1.82, 2.24) is 24.1 Å². The number of hydrogen-bond acceptors (Lipinski definition) is 7. The molecular weight excluding hydrogens is 458 g/mol. The molecule has 3 heterocycles. The molecule has 0 aliphatic carbocycles. The fourth-order valence-corrected chi connectivity index (χ4v) is 6.38. The Balaban J connectivity index is 1.38. The lowest BCUT2D eigenvalue weighted by Gasteiger charge is -2.25. The zero-order valence-electron chi connectivity index (χ0n) is 18.3. The van der Waals surface area contributed by atoms with Crippen LogP contribution in [-0.4, -0.2) is 45.6 Å². The van der Waals surface area contributed by atoms with E-state index < -0.39 is 10.0 Å². The zero-order valence-corrected chi connectivity index (χ0v) is 20.0. The summed E-state index contributed by atoms with van der Waals surface area (Å²) in [5.74, 6) is 1.85. The Hall–Kier alpha value is -2.69. The molecule has 1 saturated heterocycles. The second kappa shape index (κ2) is 9.28. The van der Waals surface area contributed by atoms with Gasteiger partial charge in [0, 0.05) is 25.2 Å². The van der Waals surface area contributed by atoms with E-state index in [9.17, 15) is 8.42 Å². The zero-order chi connectivity index (χ0) is 22.8. The van der Waals surface area contributed by atoms with E-state index in [0.717, 1.165) is 42.7 Å². The number of sulfonamides is 1. The second-order valence-electron chi connectivity index (χ2n) is 7.92. The van der Waals surface area contributed by atoms with Gasteiger partial charge < -0.3 is 8.98 Å². The van der Waals surface area contributed by atoms with E-state index in [2.05, 4.69) is 14.8 Å². The average Bonchev–Trinajstić information content (AvgIpc) is 3.47. The summed E-state index contributed by atoms with van der Waals surface area (Å²) in [6.07, 6.45) is 2.91. The van der Waals surface area contributed by atoms with Gasteiger partial charge in [-0.15, -0.1) is 10.2 Å². The average molecular weight is 484 g/mol. The monoisotopic (exact) mass is 483 g/mol. The Morgan fingerprint density at radius 1 is 1.03 bits per heavy atom. The van der Waals surface area contributed by atoms with Gasteiger partial charge in [-0.05, 0) is 50.1 Å². The van der Waals surface area contributed by atoms with Crippen molar-refractivity contribution in [2.24, 2.45) is 0 Å². The summed E-state index contributed by atoms with van der Waals surface area (Å²) in [4.78, 5) is 5.06. The standard InChI is InChI=1S/C23H25N5O3S2/c1-2-28-20-12-11-18(33(29,30)27-13-7-4-8-14-27)15-19(20)24-21(28)16-32-23-26-25-22(31-23)17-9-5-3-6-10-17/h3,5-6,9-12,15H,2,4,7-8,13-14,16H2,1H3. The highest BCUT2D eigenvalue weighted by Crippen LogP contribution is 2.29. The Kier molecular flexibility index (Phi) is 6.22. The predicted octanol–water partition coefficient (Wildman–Crippen LogP) is 4.57. The molecule has 1 fully saturated rings. The van der Waals surface area contributed by atoms with Crippen LogP contribution >= 0.6 is 11.8 Å². The fraction of sp³-hybridized carbons (Fsp3) is 0.348. The minimum Gasteiger partial charge on any atom is -0.411 e. The van der Waals surface area contributed by atoms with Crippen LogP contribution in [0.15, 0.2) is 63.1 Å². The second-order valence-corrected chi connectivity index (χ2v) is 10.8. The fourth-order valence-electron chi connectivity index (χ4n) is 4.13. The van der Waals surface area contributed by atoms with Gasteiger partial charge in [0.05, 0.1) is 21.7 Å². The number of rotatable bonds is 7. The highest BCUT2D eigenvalue weighted by molar-refractivity contribution is 7.98. The molecule has 2 aromatic carbocycles. The Bertz CT molecular complexity index is 1360. The van der Waals surface area contributed by atoms with Crippen molar-refractivity contribution in [2.45, 2.75) is 48.6 Å². The number of nitrogens with zero attached hydrogens (tertiary/aromatic N) is 5. The Labute approximate surface area is 197 Å². The minimum atomic E-state index is -3.50. The highest BCUT2D eigenvalue weighted by atomic mass is 32.2. The maximum atomic E-state index is 13.1. The van der Waals surface area contributed by atoms with Crippen molar-refractivity contribution in [3.63, 3.8) is 0 Å². The third-order valence-electron chi connectivity index (χ3n) is 5.82. The molecule has 1 aliphatic heterocycles. The van der Waals surface area contributed by atoms with Gasteiger partial charge in [-0.3, -0.25) is 0 Å². The number of piperidine rings is 1. The molecule has 4 aromatic rings. The molecule has 172 valence electrons. The first-order chi connectivity index (χ1) is 16.1. The van der Waals surface area contributed by atoms with Crippen molar-refractivity contribution in [3.8, 4) is 11.5 Å². The summed E-state index contributed by atoms with van der Waals surface area (Å²) in [6, 6.07) is 14.9. The smallest absolute Gasteiger partial charge is 0.277 e. The van der Waals surface area contributed by atoms with Gasteiger partial charge in [-0.1, -0.05) is 36.4 Å². The van der Waals surface area contributed by atoms with Crippen LogP contribution in [0.4, 0.5) is 0 Å². The SMILES string of the molecule is CCn1c(CSc2nnc(-c3ccccc3)o2)nc2cc(S(=O)(=O)N3CCCCC3)ccc21. The molecule has 8 nitrogen and oxygen atoms in total. The number of benzene rings is 2. The first-order valence-electron chi connectivity index (χ1n) is 11.1. The lowest BCUT2D eigenvalue weighted by molar-refractivity contribution is 0.346. The summed E-state index contributed by atoms with van der Waals surface area (Å²) >= 11 is 1.42. The van der Waals surface area contributed by atoms with Crippen LogP contribution in [0.25, 0.3) is 22.5 Å². The predicted molar refractivity (Wildman–Crippen MR) is 127 cm³/mol. The maximum Gasteiger partial charge on any atom is 0.277 e. The van der Waals surface area contributed by atoms with Crippen molar-refractivity contribution in [2.75, 3.05) is 13.1 Å². The van der Waals surface area contributed by atoms with Crippen molar-refractivity contribution in [3.05, 3.63) is 54.4 Å². The summed E-state index contributed by atoms with van der Waals surface area (Å²) in [6.45, 7) is 3.94. The van der Waals surface area contributed by atoms with Gasteiger partial charge >= 0.3 is 0 Å². The van der Waals surface area contributed by atoms with E-state index in [1.54, 1.807) is 16.4 Å². The van der Waals surface area contributed by atoms with E-state index in [1.807, 2.05) is 43.3 Å². The summed E-state index contributed by atoms with van der Waals surface area (Å²) in [5, 5.41) is 8.74. The number of imidazole rings is 1. The molecule has 2 aromatic heterocycles. The molecule has 0 unspecified atom stereocenters. The third-order valence-corrected chi connectivity index (χ3v) is 8.53. The van der Waals surface area contributed by atoms with Gasteiger partial charge in [0.2, 0.25) is 15.9 Å². The molecule has 0 amide bonds. The van der Waals surface area contributed by atoms with Crippen LogP contribution in [0, 0.1) is 0 Å². The van der Waals surface area contributed by atoms with Gasteiger partial charge in [0.1, 0.15) is 5.82 Å². The van der Waals surface area contributed by atoms with Gasteiger partial charge in [0.25, 0.3) is 5.22 Å². The van der Waals surface area contributed by atoms with Crippen LogP contribution in [-0.2, 0) is 22.3 Å². The molecule has 5 rings (SSSR count). The van der Waals surface area contributed by atoms with Crippen molar-refractivity contribution >= 4 is 32.8 Å². The molecule has 0 atom stereocenters. The molecule has 0 saturated carbocycles. The van der Waals surface area contributed by atoms with Crippen LogP contribution in [0.3, 0.4) is 0 Å². The Morgan fingerprint density at radius 2 is 1.82 bits per heavy atom. The van der Waals surface area contributed by atoms with E-state index in [1.165, 1.54) is 11.8 Å². The van der Waals surface area contributed by atoms with Crippen LogP contribution in [0.5, 0.6) is 0 Å². The van der Waals surface area contributed by atoms with Gasteiger partial charge in [0.15, 0.2) is 0 Å². The molecule has 10 heteroatoms. The molecule has 0 bridgehead atoms. The normalized spacial score (nSPS) is 15.3. The van der Waals surface area contributed by atoms with Gasteiger partial charge in [-0.25, -0.2) is 13.4 Å². The van der Waals surface area contributed by atoms with Crippen LogP contribution < -0.4 is 0 Å². The van der Waals surface area contributed by atoms with Crippen LogP contribution in [0.1, 0.15) is 32.0 Å². The molecule has 33 heavy (non-hydrogen) atoms. The molecular formula is C23H25N5O3S2. The first kappa shape index (κ1) is 22.1. The lowest BCUT2D eigenvalue weighted by Crippen LogP contribution is -2.35. The summed E-state index contributed by atoms with van der Waals surface area (Å²) in [7, 11) is -3.50. The molecule has 0 spiro atoms. The largest absolute Gasteiger partial charge is 0.411 e. The summed E-state index contributed by atoms with van der Waals surface area (Å²) in [5.41, 5.74) is 2.47. The Morgan fingerprint density at radius 3 is 2.58 bits per heavy atom. The molecule has 0 radical (unpaired) electrons. The number of aromatic nitrogens is 4. The quantitative estimate of drug-likeness (QED) is 0.355. The topological polar surface area (TPSA) is 94.1 Å². The maximum absolute atomic E-state index is 13.1. The lowest BCUT2D eigenvalue weighted by atomic mass is 10.2. The van der Waals surface area contributed by atoms with Crippen LogP contribution in [0.2, 0.25) is 0 Å². The van der Waals surface area contributed by atoms with E-state index in [0.29, 0.717) is 40.4 Å². The highest BCUT2D eigenvalue weighted by Gasteiger charge is 2.26. The van der Waals surface area contributed by atoms with Crippen molar-refractivity contribution < 1.29 is 12.8 Å². The third kappa shape index (κ3) is 4.42. The minimum absolute atomic E-state index is 0.307. The van der Waals surface area contributed by atoms with E-state index in [4.69, 9.17) is 9.40 Å². The number of aryl methyl sites for hydroxylation is 1. The molecule has 1 aliphatic rings. The number of thioether (sulfide) groups is 1. The summed E-state index contributed by atoms with van der Waals surface area (Å²) < 4.78 is 35.6.